The summed E-state index contributed by atoms with van der Waals surface area (Å²) in [6.07, 6.45) is 5.03. The third kappa shape index (κ3) is 3.94. The summed E-state index contributed by atoms with van der Waals surface area (Å²) in [5, 5.41) is 9.11. The van der Waals surface area contributed by atoms with Gasteiger partial charge in [0, 0.05) is 29.3 Å². The second-order valence-electron chi connectivity index (χ2n) is 6.85. The summed E-state index contributed by atoms with van der Waals surface area (Å²) in [6, 6.07) is 10.4. The summed E-state index contributed by atoms with van der Waals surface area (Å²) in [6.45, 7) is 4.46. The van der Waals surface area contributed by atoms with Gasteiger partial charge in [-0.15, -0.1) is 0 Å². The normalized spacial score (nSPS) is 13.9. The first-order chi connectivity index (χ1) is 14.0. The van der Waals surface area contributed by atoms with Crippen LogP contribution in [0.15, 0.2) is 55.0 Å². The number of rotatable bonds is 5. The Morgan fingerprint density at radius 2 is 2.00 bits per heavy atom. The van der Waals surface area contributed by atoms with Crippen LogP contribution in [-0.4, -0.2) is 15.9 Å². The summed E-state index contributed by atoms with van der Waals surface area (Å²) in [5.41, 5.74) is 5.58. The lowest BCUT2D eigenvalue weighted by Gasteiger charge is -2.11. The molecule has 3 N–H and O–H groups in total. The molecule has 0 fully saturated rings. The second-order valence-corrected chi connectivity index (χ2v) is 6.85. The van der Waals surface area contributed by atoms with E-state index in [2.05, 4.69) is 25.9 Å². The van der Waals surface area contributed by atoms with Crippen LogP contribution in [0.1, 0.15) is 22.5 Å². The fourth-order valence-electron chi connectivity index (χ4n) is 3.15. The monoisotopic (exact) mass is 389 g/mol. The second kappa shape index (κ2) is 7.71. The Morgan fingerprint density at radius 3 is 2.76 bits per heavy atom. The van der Waals surface area contributed by atoms with Gasteiger partial charge >= 0.3 is 0 Å². The highest BCUT2D eigenvalue weighted by molar-refractivity contribution is 6.31. The molecule has 0 radical (unpaired) electrons. The lowest BCUT2D eigenvalue weighted by Crippen LogP contribution is -2.06. The highest BCUT2D eigenvalue weighted by Gasteiger charge is 2.27. The van der Waals surface area contributed by atoms with Crippen molar-refractivity contribution in [3.63, 3.8) is 0 Å². The Kier molecular flexibility index (Phi) is 4.95. The van der Waals surface area contributed by atoms with E-state index in [0.29, 0.717) is 17.8 Å². The van der Waals surface area contributed by atoms with Crippen LogP contribution in [0.5, 0.6) is 0 Å². The van der Waals surface area contributed by atoms with E-state index in [9.17, 15) is 9.18 Å². The molecule has 1 aliphatic heterocycles. The van der Waals surface area contributed by atoms with E-state index in [1.54, 1.807) is 24.5 Å². The zero-order valence-corrected chi connectivity index (χ0v) is 16.1. The number of carbonyl (C=O) groups excluding carboxylic acids is 1. The molecule has 1 amide bonds. The molecule has 1 aliphatic rings. The van der Waals surface area contributed by atoms with Gasteiger partial charge in [0.2, 0.25) is 0 Å². The Balaban J connectivity index is 1.47. The molecule has 4 rings (SSSR count). The van der Waals surface area contributed by atoms with E-state index < -0.39 is 5.82 Å². The molecule has 2 aromatic carbocycles. The van der Waals surface area contributed by atoms with Gasteiger partial charge in [-0.1, -0.05) is 6.07 Å². The van der Waals surface area contributed by atoms with Crippen molar-refractivity contribution < 1.29 is 9.18 Å². The molecule has 0 unspecified atom stereocenters. The quantitative estimate of drug-likeness (QED) is 0.569. The molecule has 7 heteroatoms. The van der Waals surface area contributed by atoms with Gasteiger partial charge < -0.3 is 16.0 Å². The minimum absolute atomic E-state index is 0.274. The van der Waals surface area contributed by atoms with Crippen molar-refractivity contribution in [3.8, 4) is 0 Å². The molecule has 0 saturated heterocycles. The number of carbonyl (C=O) groups is 1. The summed E-state index contributed by atoms with van der Waals surface area (Å²) in [5.74, 6) is -0.754. The van der Waals surface area contributed by atoms with Crippen LogP contribution in [-0.2, 0) is 11.3 Å². The number of aryl methyl sites for hydroxylation is 2. The highest BCUT2D eigenvalue weighted by atomic mass is 19.1. The molecule has 0 spiro atoms. The molecule has 0 bridgehead atoms. The highest BCUT2D eigenvalue weighted by Crippen LogP contribution is 2.33. The molecular weight excluding hydrogens is 369 g/mol. The van der Waals surface area contributed by atoms with E-state index in [1.165, 1.54) is 12.3 Å². The van der Waals surface area contributed by atoms with Gasteiger partial charge in [-0.3, -0.25) is 14.8 Å². The maximum absolute atomic E-state index is 14.1. The number of halogens is 1. The Morgan fingerprint density at radius 1 is 1.14 bits per heavy atom. The molecular formula is C22H20FN5O. The van der Waals surface area contributed by atoms with Crippen molar-refractivity contribution in [1.82, 2.24) is 9.97 Å². The SMILES string of the molecule is Cc1cnc(CNc2ccc(NC=C3C(=O)Nc4cccc(F)c43)cc2C)cn1. The van der Waals surface area contributed by atoms with Crippen molar-refractivity contribution in [1.29, 1.82) is 0 Å². The van der Waals surface area contributed by atoms with Crippen LogP contribution in [0.3, 0.4) is 0 Å². The Bertz CT molecular complexity index is 1110. The number of nitrogens with one attached hydrogen (secondary N) is 3. The van der Waals surface area contributed by atoms with Gasteiger partial charge in [-0.25, -0.2) is 4.39 Å². The summed E-state index contributed by atoms with van der Waals surface area (Å²) >= 11 is 0. The van der Waals surface area contributed by atoms with Crippen molar-refractivity contribution in [2.45, 2.75) is 20.4 Å². The van der Waals surface area contributed by atoms with E-state index in [-0.39, 0.29) is 11.5 Å². The molecule has 2 heterocycles. The molecule has 0 aliphatic carbocycles. The first-order valence-corrected chi connectivity index (χ1v) is 9.20. The minimum atomic E-state index is -0.427. The number of aromatic nitrogens is 2. The number of hydrogen-bond acceptors (Lipinski definition) is 5. The van der Waals surface area contributed by atoms with Crippen molar-refractivity contribution in [3.05, 3.63) is 83.3 Å². The largest absolute Gasteiger partial charge is 0.379 e. The predicted molar refractivity (Wildman–Crippen MR) is 112 cm³/mol. The fraction of sp³-hybridized carbons (Fsp3) is 0.136. The van der Waals surface area contributed by atoms with Crippen molar-refractivity contribution in [2.75, 3.05) is 16.0 Å². The van der Waals surface area contributed by atoms with E-state index in [4.69, 9.17) is 0 Å². The van der Waals surface area contributed by atoms with E-state index in [0.717, 1.165) is 28.3 Å². The van der Waals surface area contributed by atoms with Gasteiger partial charge in [-0.2, -0.15) is 0 Å². The predicted octanol–water partition coefficient (Wildman–Crippen LogP) is 4.25. The fourth-order valence-corrected chi connectivity index (χ4v) is 3.15. The summed E-state index contributed by atoms with van der Waals surface area (Å²) in [4.78, 5) is 20.7. The molecule has 146 valence electrons. The number of amides is 1. The first-order valence-electron chi connectivity index (χ1n) is 9.20. The third-order valence-corrected chi connectivity index (χ3v) is 4.68. The maximum atomic E-state index is 14.1. The molecule has 3 aromatic rings. The van der Waals surface area contributed by atoms with E-state index >= 15 is 0 Å². The number of benzene rings is 2. The molecule has 29 heavy (non-hydrogen) atoms. The smallest absolute Gasteiger partial charge is 0.257 e. The maximum Gasteiger partial charge on any atom is 0.257 e. The summed E-state index contributed by atoms with van der Waals surface area (Å²) in [7, 11) is 0. The number of fused-ring (bicyclic) bond motifs is 1. The number of hydrogen-bond donors (Lipinski definition) is 3. The van der Waals surface area contributed by atoms with Crippen LogP contribution in [0.4, 0.5) is 21.5 Å². The minimum Gasteiger partial charge on any atom is -0.379 e. The average molecular weight is 389 g/mol. The lowest BCUT2D eigenvalue weighted by molar-refractivity contribution is -0.110. The Labute approximate surface area is 167 Å². The van der Waals surface area contributed by atoms with Crippen LogP contribution in [0.2, 0.25) is 0 Å². The number of nitrogens with zero attached hydrogens (tertiary/aromatic N) is 2. The average Bonchev–Trinajstić information content (AvgIpc) is 3.03. The Hall–Kier alpha value is -3.74. The zero-order chi connectivity index (χ0) is 20.4. The molecule has 6 nitrogen and oxygen atoms in total. The summed E-state index contributed by atoms with van der Waals surface area (Å²) < 4.78 is 14.1. The van der Waals surface area contributed by atoms with Gasteiger partial charge in [0.1, 0.15) is 5.82 Å². The van der Waals surface area contributed by atoms with Gasteiger partial charge in [0.05, 0.1) is 35.4 Å². The van der Waals surface area contributed by atoms with Crippen molar-refractivity contribution in [2.24, 2.45) is 0 Å². The zero-order valence-electron chi connectivity index (χ0n) is 16.1. The van der Waals surface area contributed by atoms with Gasteiger partial charge in [-0.05, 0) is 49.7 Å². The van der Waals surface area contributed by atoms with Crippen LogP contribution in [0, 0.1) is 19.7 Å². The lowest BCUT2D eigenvalue weighted by atomic mass is 10.1. The van der Waals surface area contributed by atoms with Gasteiger partial charge in [0.15, 0.2) is 0 Å². The van der Waals surface area contributed by atoms with Crippen LogP contribution < -0.4 is 16.0 Å². The first kappa shape index (κ1) is 18.6. The van der Waals surface area contributed by atoms with Gasteiger partial charge in [0.25, 0.3) is 5.91 Å². The standard InChI is InChI=1S/C22H20FN5O/c1-13-8-15(6-7-19(13)27-11-16-10-24-14(2)9-25-16)26-12-17-21-18(23)4-3-5-20(21)28-22(17)29/h3-10,12,26-27H,11H2,1-2H3,(H,28,29). The third-order valence-electron chi connectivity index (χ3n) is 4.68. The number of anilines is 3. The molecule has 0 atom stereocenters. The topological polar surface area (TPSA) is 78.9 Å². The van der Waals surface area contributed by atoms with Crippen LogP contribution >= 0.6 is 0 Å². The van der Waals surface area contributed by atoms with Crippen LogP contribution in [0.25, 0.3) is 5.57 Å². The van der Waals surface area contributed by atoms with E-state index in [1.807, 2.05) is 32.0 Å². The van der Waals surface area contributed by atoms with Crippen molar-refractivity contribution >= 4 is 28.5 Å². The molecule has 1 aromatic heterocycles. The molecule has 0 saturated carbocycles.